The molecule has 6 nitrogen and oxygen atoms in total. The lowest BCUT2D eigenvalue weighted by atomic mass is 10.0. The third-order valence-electron chi connectivity index (χ3n) is 3.17. The first-order chi connectivity index (χ1) is 9.97. The summed E-state index contributed by atoms with van der Waals surface area (Å²) in [5, 5.41) is 9.92. The van der Waals surface area contributed by atoms with Gasteiger partial charge in [0.25, 0.3) is 5.91 Å². The highest BCUT2D eigenvalue weighted by atomic mass is 32.2. The zero-order chi connectivity index (χ0) is 15.0. The number of phenols is 1. The monoisotopic (exact) mass is 304 g/mol. The summed E-state index contributed by atoms with van der Waals surface area (Å²) in [5.74, 6) is -0.825. The minimum absolute atomic E-state index is 0.0784. The molecule has 108 valence electrons. The predicted octanol–water partition coefficient (Wildman–Crippen LogP) is 1.24. The van der Waals surface area contributed by atoms with E-state index in [9.17, 15) is 18.3 Å². The second kappa shape index (κ2) is 4.78. The molecule has 0 unspecified atom stereocenters. The zero-order valence-electron chi connectivity index (χ0n) is 10.9. The summed E-state index contributed by atoms with van der Waals surface area (Å²) in [6.07, 6.45) is 0. The van der Waals surface area contributed by atoms with Crippen LogP contribution in [0.5, 0.6) is 5.75 Å². The molecule has 0 aliphatic carbocycles. The second-order valence-electron chi connectivity index (χ2n) is 4.61. The fraction of sp³-hybridized carbons (Fsp3) is 0.0714. The Bertz CT molecular complexity index is 803. The van der Waals surface area contributed by atoms with Gasteiger partial charge in [0, 0.05) is 0 Å². The Morgan fingerprint density at radius 3 is 2.38 bits per heavy atom. The molecule has 0 radical (unpaired) electrons. The van der Waals surface area contributed by atoms with Crippen molar-refractivity contribution < 1.29 is 18.3 Å². The van der Waals surface area contributed by atoms with E-state index in [2.05, 4.69) is 0 Å². The summed E-state index contributed by atoms with van der Waals surface area (Å²) < 4.78 is 26.4. The van der Waals surface area contributed by atoms with Gasteiger partial charge < -0.3 is 5.11 Å². The molecule has 0 saturated carbocycles. The van der Waals surface area contributed by atoms with Gasteiger partial charge >= 0.3 is 10.2 Å². The quantitative estimate of drug-likeness (QED) is 0.874. The molecule has 2 N–H and O–H groups in total. The van der Waals surface area contributed by atoms with Gasteiger partial charge in [-0.25, -0.2) is 9.03 Å². The van der Waals surface area contributed by atoms with Crippen molar-refractivity contribution >= 4 is 21.8 Å². The van der Waals surface area contributed by atoms with E-state index in [0.717, 1.165) is 15.4 Å². The lowest BCUT2D eigenvalue weighted by Gasteiger charge is -2.17. The number of nitrogens with one attached hydrogen (secondary N) is 1. The first-order valence-corrected chi connectivity index (χ1v) is 7.63. The van der Waals surface area contributed by atoms with Crippen molar-refractivity contribution in [2.75, 3.05) is 10.8 Å². The first kappa shape index (κ1) is 13.4. The molecule has 0 aromatic heterocycles. The van der Waals surface area contributed by atoms with Crippen LogP contribution in [0.15, 0.2) is 48.5 Å². The number of rotatable bonds is 2. The fourth-order valence-corrected chi connectivity index (χ4v) is 3.35. The molecule has 0 bridgehead atoms. The van der Waals surface area contributed by atoms with Crippen LogP contribution in [-0.4, -0.2) is 26.0 Å². The molecule has 2 aromatic rings. The van der Waals surface area contributed by atoms with Crippen molar-refractivity contribution in [2.24, 2.45) is 0 Å². The number of aromatic hydroxyl groups is 1. The Kier molecular flexibility index (Phi) is 3.06. The van der Waals surface area contributed by atoms with Crippen molar-refractivity contribution in [3.05, 3.63) is 48.5 Å². The molecule has 0 spiro atoms. The van der Waals surface area contributed by atoms with E-state index in [4.69, 9.17) is 0 Å². The maximum absolute atomic E-state index is 11.9. The van der Waals surface area contributed by atoms with Gasteiger partial charge in [-0.15, -0.1) is 0 Å². The van der Waals surface area contributed by atoms with Crippen molar-refractivity contribution in [2.45, 2.75) is 0 Å². The van der Waals surface area contributed by atoms with Gasteiger partial charge in [-0.2, -0.15) is 8.42 Å². The van der Waals surface area contributed by atoms with E-state index in [1.54, 1.807) is 12.1 Å². The summed E-state index contributed by atoms with van der Waals surface area (Å²) in [6, 6.07) is 14.0. The number of carbonyl (C=O) groups excluding carboxylic acids is 1. The van der Waals surface area contributed by atoms with Gasteiger partial charge in [-0.05, 0) is 23.3 Å². The predicted molar refractivity (Wildman–Crippen MR) is 78.0 cm³/mol. The average Bonchev–Trinajstić information content (AvgIpc) is 2.73. The second-order valence-corrected chi connectivity index (χ2v) is 6.20. The third-order valence-corrected chi connectivity index (χ3v) is 4.56. The van der Waals surface area contributed by atoms with E-state index >= 15 is 0 Å². The van der Waals surface area contributed by atoms with Crippen LogP contribution in [0.25, 0.3) is 11.1 Å². The van der Waals surface area contributed by atoms with Gasteiger partial charge in [-0.1, -0.05) is 36.4 Å². The average molecular weight is 304 g/mol. The Morgan fingerprint density at radius 1 is 1.05 bits per heavy atom. The van der Waals surface area contributed by atoms with Crippen molar-refractivity contribution in [1.82, 2.24) is 4.72 Å². The van der Waals surface area contributed by atoms with Crippen LogP contribution >= 0.6 is 0 Å². The summed E-state index contributed by atoms with van der Waals surface area (Å²) in [6.45, 7) is -0.339. The molecule has 3 rings (SSSR count). The molecule has 21 heavy (non-hydrogen) atoms. The Morgan fingerprint density at radius 2 is 1.76 bits per heavy atom. The topological polar surface area (TPSA) is 86.7 Å². The normalized spacial score (nSPS) is 16.8. The van der Waals surface area contributed by atoms with Gasteiger partial charge in [0.2, 0.25) is 0 Å². The molecule has 2 aromatic carbocycles. The number of amides is 1. The molecule has 1 amide bonds. The maximum Gasteiger partial charge on any atom is 0.326 e. The largest absolute Gasteiger partial charge is 0.506 e. The van der Waals surface area contributed by atoms with Crippen LogP contribution in [0.1, 0.15) is 0 Å². The summed E-state index contributed by atoms with van der Waals surface area (Å²) >= 11 is 0. The Labute approximate surface area is 121 Å². The number of hydrogen-bond acceptors (Lipinski definition) is 4. The third kappa shape index (κ3) is 2.43. The summed E-state index contributed by atoms with van der Waals surface area (Å²) in [7, 11) is -3.94. The van der Waals surface area contributed by atoms with Crippen molar-refractivity contribution in [1.29, 1.82) is 0 Å². The minimum atomic E-state index is -3.94. The molecule has 1 heterocycles. The highest BCUT2D eigenvalue weighted by Gasteiger charge is 2.35. The molecule has 1 fully saturated rings. The molecule has 1 aliphatic heterocycles. The van der Waals surface area contributed by atoms with Crippen LogP contribution in [0.2, 0.25) is 0 Å². The van der Waals surface area contributed by atoms with E-state index in [0.29, 0.717) is 0 Å². The number of carbonyl (C=O) groups is 1. The zero-order valence-corrected chi connectivity index (χ0v) is 11.7. The molecule has 1 saturated heterocycles. The molecule has 1 aliphatic rings. The number of hydrogen-bond donors (Lipinski definition) is 2. The number of nitrogens with zero attached hydrogens (tertiary/aromatic N) is 1. The number of phenolic OH excluding ortho intramolecular Hbond substituents is 1. The van der Waals surface area contributed by atoms with E-state index < -0.39 is 16.1 Å². The fourth-order valence-electron chi connectivity index (χ4n) is 2.19. The Balaban J connectivity index is 2.10. The van der Waals surface area contributed by atoms with Crippen molar-refractivity contribution in [3.8, 4) is 16.9 Å². The number of benzene rings is 2. The maximum atomic E-state index is 11.9. The van der Waals surface area contributed by atoms with E-state index in [1.165, 1.54) is 6.07 Å². The van der Waals surface area contributed by atoms with Crippen LogP contribution in [-0.2, 0) is 15.0 Å². The minimum Gasteiger partial charge on any atom is -0.506 e. The molecule has 0 atom stereocenters. The highest BCUT2D eigenvalue weighted by molar-refractivity contribution is 7.92. The van der Waals surface area contributed by atoms with Crippen LogP contribution in [0.3, 0.4) is 0 Å². The van der Waals surface area contributed by atoms with Crippen molar-refractivity contribution in [3.63, 3.8) is 0 Å². The molecular formula is C14H12N2O4S. The van der Waals surface area contributed by atoms with Gasteiger partial charge in [-0.3, -0.25) is 4.79 Å². The first-order valence-electron chi connectivity index (χ1n) is 6.19. The Hall–Kier alpha value is -2.54. The molecular weight excluding hydrogens is 292 g/mol. The summed E-state index contributed by atoms with van der Waals surface area (Å²) in [4.78, 5) is 11.3. The lowest BCUT2D eigenvalue weighted by Crippen LogP contribution is -2.29. The standard InChI is InChI=1S/C14H12N2O4S/c17-13-7-6-11(10-4-2-1-3-5-10)8-12(13)16-9-14(18)15-21(16,19)20/h1-8,17H,9H2,(H,15,18). The smallest absolute Gasteiger partial charge is 0.326 e. The van der Waals surface area contributed by atoms with Crippen LogP contribution in [0, 0.1) is 0 Å². The number of anilines is 1. The lowest BCUT2D eigenvalue weighted by molar-refractivity contribution is -0.117. The SMILES string of the molecule is O=C1CN(c2cc(-c3ccccc3)ccc2O)S(=O)(=O)N1. The van der Waals surface area contributed by atoms with Gasteiger partial charge in [0.15, 0.2) is 0 Å². The van der Waals surface area contributed by atoms with Gasteiger partial charge in [0.05, 0.1) is 5.69 Å². The van der Waals surface area contributed by atoms with Crippen LogP contribution < -0.4 is 9.03 Å². The summed E-state index contributed by atoms with van der Waals surface area (Å²) in [5.41, 5.74) is 1.71. The van der Waals surface area contributed by atoms with E-state index in [-0.39, 0.29) is 18.0 Å². The van der Waals surface area contributed by atoms with E-state index in [1.807, 2.05) is 35.1 Å². The van der Waals surface area contributed by atoms with Gasteiger partial charge in [0.1, 0.15) is 12.3 Å². The highest BCUT2D eigenvalue weighted by Crippen LogP contribution is 2.34. The molecule has 7 heteroatoms. The van der Waals surface area contributed by atoms with Crippen LogP contribution in [0.4, 0.5) is 5.69 Å².